The molecule has 0 saturated heterocycles. The van der Waals surface area contributed by atoms with Gasteiger partial charge in [-0.05, 0) is 56.9 Å². The highest BCUT2D eigenvalue weighted by Gasteiger charge is 2.22. The number of hydrogen-bond donors (Lipinski definition) is 2. The van der Waals surface area contributed by atoms with Crippen molar-refractivity contribution in [1.82, 2.24) is 25.4 Å². The molecule has 0 spiro atoms. The number of nitrogens with zero attached hydrogens (tertiary/aromatic N) is 4. The largest absolute Gasteiger partial charge is 0.493 e. The lowest BCUT2D eigenvalue weighted by Crippen LogP contribution is -2.47. The zero-order valence-corrected chi connectivity index (χ0v) is 19.5. The number of guanidine groups is 1. The number of benzene rings is 1. The van der Waals surface area contributed by atoms with Gasteiger partial charge in [-0.25, -0.2) is 9.67 Å². The Hall–Kier alpha value is -2.61. The summed E-state index contributed by atoms with van der Waals surface area (Å²) in [4.78, 5) is 9.28. The van der Waals surface area contributed by atoms with Crippen LogP contribution in [0, 0.1) is 20.8 Å². The fourth-order valence-corrected chi connectivity index (χ4v) is 3.77. The van der Waals surface area contributed by atoms with E-state index in [-0.39, 0.29) is 6.04 Å². The van der Waals surface area contributed by atoms with E-state index in [1.54, 1.807) is 7.11 Å². The second kappa shape index (κ2) is 11.1. The van der Waals surface area contributed by atoms with Gasteiger partial charge in [0.1, 0.15) is 18.2 Å². The lowest BCUT2D eigenvalue weighted by Gasteiger charge is -2.25. The number of rotatable bonds is 9. The molecule has 8 heteroatoms. The van der Waals surface area contributed by atoms with Crippen molar-refractivity contribution < 1.29 is 9.47 Å². The van der Waals surface area contributed by atoms with Crippen LogP contribution in [-0.4, -0.2) is 53.6 Å². The molecule has 1 aliphatic rings. The minimum Gasteiger partial charge on any atom is -0.493 e. The van der Waals surface area contributed by atoms with Crippen molar-refractivity contribution in [1.29, 1.82) is 0 Å². The number of aromatic nitrogens is 3. The molecule has 8 nitrogen and oxygen atoms in total. The molecule has 1 atom stereocenters. The molecule has 2 heterocycles. The average molecular weight is 429 g/mol. The molecule has 0 fully saturated rings. The number of aliphatic imine (C=N–C) groups is 1. The van der Waals surface area contributed by atoms with Gasteiger partial charge in [0.2, 0.25) is 0 Å². The molecule has 2 N–H and O–H groups in total. The monoisotopic (exact) mass is 428 g/mol. The van der Waals surface area contributed by atoms with E-state index in [1.165, 1.54) is 16.7 Å². The fraction of sp³-hybridized carbons (Fsp3) is 0.609. The molecule has 1 aromatic heterocycles. The summed E-state index contributed by atoms with van der Waals surface area (Å²) in [5.74, 6) is 3.60. The summed E-state index contributed by atoms with van der Waals surface area (Å²) in [5, 5.41) is 11.4. The normalized spacial score (nSPS) is 16.2. The number of fused-ring (bicyclic) bond motifs is 1. The molecule has 0 amide bonds. The van der Waals surface area contributed by atoms with Crippen molar-refractivity contribution in [2.75, 3.05) is 26.8 Å². The van der Waals surface area contributed by atoms with E-state index < -0.39 is 0 Å². The van der Waals surface area contributed by atoms with Gasteiger partial charge in [0, 0.05) is 39.1 Å². The summed E-state index contributed by atoms with van der Waals surface area (Å²) in [6.07, 6.45) is 2.77. The van der Waals surface area contributed by atoms with E-state index in [9.17, 15) is 0 Å². The Labute approximate surface area is 185 Å². The average Bonchev–Trinajstić information content (AvgIpc) is 3.13. The predicted molar refractivity (Wildman–Crippen MR) is 123 cm³/mol. The van der Waals surface area contributed by atoms with E-state index in [0.29, 0.717) is 19.8 Å². The molecule has 1 aromatic carbocycles. The second-order valence-corrected chi connectivity index (χ2v) is 8.11. The maximum atomic E-state index is 6.01. The summed E-state index contributed by atoms with van der Waals surface area (Å²) in [5.41, 5.74) is 3.71. The standard InChI is InChI=1S/C23H36N6O2/c1-6-24-23(25-10-7-11-31-20-13-16(2)12-17(3)18(20)4)26-19-8-9-22-27-21(15-30-5)28-29(22)14-19/h12-13,19H,6-11,14-15H2,1-5H3,(H2,24,25,26). The summed E-state index contributed by atoms with van der Waals surface area (Å²) in [6.45, 7) is 11.8. The van der Waals surface area contributed by atoms with E-state index in [4.69, 9.17) is 14.5 Å². The van der Waals surface area contributed by atoms with Gasteiger partial charge in [-0.2, -0.15) is 5.10 Å². The summed E-state index contributed by atoms with van der Waals surface area (Å²) in [6, 6.07) is 4.57. The summed E-state index contributed by atoms with van der Waals surface area (Å²) in [7, 11) is 1.66. The molecule has 170 valence electrons. The van der Waals surface area contributed by atoms with E-state index in [0.717, 1.165) is 55.7 Å². The maximum Gasteiger partial charge on any atom is 0.191 e. The molecule has 2 aromatic rings. The van der Waals surface area contributed by atoms with Crippen LogP contribution in [0.3, 0.4) is 0 Å². The molecular formula is C23H36N6O2. The second-order valence-electron chi connectivity index (χ2n) is 8.11. The third-order valence-corrected chi connectivity index (χ3v) is 5.45. The van der Waals surface area contributed by atoms with Crippen LogP contribution in [0.4, 0.5) is 0 Å². The molecule has 3 rings (SSSR count). The number of nitrogens with one attached hydrogen (secondary N) is 2. The van der Waals surface area contributed by atoms with Crippen LogP contribution < -0.4 is 15.4 Å². The molecule has 31 heavy (non-hydrogen) atoms. The smallest absolute Gasteiger partial charge is 0.191 e. The minimum atomic E-state index is 0.275. The van der Waals surface area contributed by atoms with Crippen molar-refractivity contribution in [3.8, 4) is 5.75 Å². The zero-order valence-electron chi connectivity index (χ0n) is 19.5. The minimum absolute atomic E-state index is 0.275. The number of methoxy groups -OCH3 is 1. The van der Waals surface area contributed by atoms with Crippen LogP contribution >= 0.6 is 0 Å². The van der Waals surface area contributed by atoms with Crippen molar-refractivity contribution in [2.24, 2.45) is 4.99 Å². The van der Waals surface area contributed by atoms with Crippen LogP contribution in [0.5, 0.6) is 5.75 Å². The Morgan fingerprint density at radius 3 is 2.90 bits per heavy atom. The SMILES string of the molecule is CCNC(=NCCCOc1cc(C)cc(C)c1C)NC1CCc2nc(COC)nn2C1. The van der Waals surface area contributed by atoms with Gasteiger partial charge in [0.25, 0.3) is 0 Å². The predicted octanol–water partition coefficient (Wildman–Crippen LogP) is 2.69. The number of aryl methyl sites for hydroxylation is 3. The van der Waals surface area contributed by atoms with Crippen LogP contribution in [0.2, 0.25) is 0 Å². The van der Waals surface area contributed by atoms with E-state index >= 15 is 0 Å². The van der Waals surface area contributed by atoms with Gasteiger partial charge >= 0.3 is 0 Å². The van der Waals surface area contributed by atoms with E-state index in [1.807, 2.05) is 4.68 Å². The Morgan fingerprint density at radius 2 is 2.13 bits per heavy atom. The highest BCUT2D eigenvalue weighted by Crippen LogP contribution is 2.23. The molecule has 0 saturated carbocycles. The summed E-state index contributed by atoms with van der Waals surface area (Å²) >= 11 is 0. The van der Waals surface area contributed by atoms with Gasteiger partial charge < -0.3 is 20.1 Å². The lowest BCUT2D eigenvalue weighted by atomic mass is 10.1. The Kier molecular flexibility index (Phi) is 8.28. The first-order valence-corrected chi connectivity index (χ1v) is 11.2. The van der Waals surface area contributed by atoms with Crippen LogP contribution in [0.15, 0.2) is 17.1 Å². The Morgan fingerprint density at radius 1 is 1.29 bits per heavy atom. The van der Waals surface area contributed by atoms with Crippen LogP contribution in [0.1, 0.15) is 48.1 Å². The topological polar surface area (TPSA) is 85.6 Å². The molecule has 1 unspecified atom stereocenters. The molecule has 0 aliphatic carbocycles. The highest BCUT2D eigenvalue weighted by atomic mass is 16.5. The van der Waals surface area contributed by atoms with Crippen molar-refractivity contribution >= 4 is 5.96 Å². The first kappa shape index (κ1) is 23.1. The van der Waals surface area contributed by atoms with Crippen LogP contribution in [-0.2, 0) is 24.3 Å². The number of ether oxygens (including phenoxy) is 2. The summed E-state index contributed by atoms with van der Waals surface area (Å²) < 4.78 is 13.1. The van der Waals surface area contributed by atoms with Gasteiger partial charge in [0.15, 0.2) is 11.8 Å². The van der Waals surface area contributed by atoms with E-state index in [2.05, 4.69) is 60.5 Å². The van der Waals surface area contributed by atoms with Crippen molar-refractivity contribution in [3.05, 3.63) is 40.5 Å². The third-order valence-electron chi connectivity index (χ3n) is 5.45. The van der Waals surface area contributed by atoms with Gasteiger partial charge in [-0.3, -0.25) is 4.99 Å². The Bertz CT molecular complexity index is 892. The molecule has 1 aliphatic heterocycles. The molecule has 0 radical (unpaired) electrons. The third kappa shape index (κ3) is 6.43. The first-order valence-electron chi connectivity index (χ1n) is 11.2. The first-order chi connectivity index (χ1) is 15.0. The van der Waals surface area contributed by atoms with Crippen LogP contribution in [0.25, 0.3) is 0 Å². The molecular weight excluding hydrogens is 392 g/mol. The molecule has 0 bridgehead atoms. The quantitative estimate of drug-likeness (QED) is 0.363. The van der Waals surface area contributed by atoms with Crippen molar-refractivity contribution in [2.45, 2.75) is 66.2 Å². The highest BCUT2D eigenvalue weighted by molar-refractivity contribution is 5.80. The van der Waals surface area contributed by atoms with Gasteiger partial charge in [-0.15, -0.1) is 0 Å². The van der Waals surface area contributed by atoms with Crippen molar-refractivity contribution in [3.63, 3.8) is 0 Å². The maximum absolute atomic E-state index is 6.01. The lowest BCUT2D eigenvalue weighted by molar-refractivity contribution is 0.177. The van der Waals surface area contributed by atoms with Gasteiger partial charge in [-0.1, -0.05) is 6.07 Å². The Balaban J connectivity index is 1.49. The number of hydrogen-bond acceptors (Lipinski definition) is 5. The zero-order chi connectivity index (χ0) is 22.2. The fourth-order valence-electron chi connectivity index (χ4n) is 3.77. The van der Waals surface area contributed by atoms with Gasteiger partial charge in [0.05, 0.1) is 13.2 Å².